The van der Waals surface area contributed by atoms with Crippen LogP contribution in [0.2, 0.25) is 0 Å². The number of thiocarbonyl (C=S) groups is 1. The first-order chi connectivity index (χ1) is 10.1. The van der Waals surface area contributed by atoms with E-state index in [0.717, 1.165) is 23.3 Å². The lowest BCUT2D eigenvalue weighted by atomic mass is 10.1. The van der Waals surface area contributed by atoms with Crippen LogP contribution in [-0.4, -0.2) is 17.5 Å². The molecule has 1 heterocycles. The lowest BCUT2D eigenvalue weighted by Gasteiger charge is -2.07. The molecule has 3 N–H and O–H groups in total. The zero-order chi connectivity index (χ0) is 14.8. The number of hydrogen-bond donors (Lipinski definition) is 2. The van der Waals surface area contributed by atoms with Crippen molar-refractivity contribution in [1.29, 1.82) is 0 Å². The Morgan fingerprint density at radius 2 is 1.86 bits per heavy atom. The van der Waals surface area contributed by atoms with Crippen molar-refractivity contribution in [3.8, 4) is 5.75 Å². The minimum absolute atomic E-state index is 0.146. The second kappa shape index (κ2) is 5.54. The van der Waals surface area contributed by atoms with Crippen molar-refractivity contribution in [1.82, 2.24) is 0 Å². The van der Waals surface area contributed by atoms with Crippen LogP contribution in [-0.2, 0) is 6.42 Å². The highest BCUT2D eigenvalue weighted by Crippen LogP contribution is 2.26. The van der Waals surface area contributed by atoms with Crippen LogP contribution < -0.4 is 15.8 Å². The van der Waals surface area contributed by atoms with Gasteiger partial charge in [0, 0.05) is 23.2 Å². The molecule has 0 saturated heterocycles. The van der Waals surface area contributed by atoms with Crippen LogP contribution >= 0.6 is 12.2 Å². The fourth-order valence-corrected chi connectivity index (χ4v) is 2.38. The summed E-state index contributed by atoms with van der Waals surface area (Å²) >= 11 is 4.89. The van der Waals surface area contributed by atoms with Crippen molar-refractivity contribution in [3.05, 3.63) is 59.2 Å². The lowest BCUT2D eigenvalue weighted by Crippen LogP contribution is -2.13. The number of carbonyl (C=O) groups is 1. The minimum atomic E-state index is -0.146. The number of rotatable bonds is 3. The molecule has 0 bridgehead atoms. The molecule has 0 radical (unpaired) electrons. The van der Waals surface area contributed by atoms with Gasteiger partial charge >= 0.3 is 0 Å². The molecule has 0 saturated carbocycles. The van der Waals surface area contributed by atoms with Gasteiger partial charge in [-0.25, -0.2) is 0 Å². The van der Waals surface area contributed by atoms with Crippen molar-refractivity contribution >= 4 is 28.8 Å². The molecule has 0 spiro atoms. The van der Waals surface area contributed by atoms with Crippen molar-refractivity contribution in [2.24, 2.45) is 5.73 Å². The standard InChI is InChI=1S/C16H14N2O2S/c17-15(21)10-1-4-13(5-2-10)18-16(19)12-3-6-14-11(9-12)7-8-20-14/h1-6,9H,7-8H2,(H2,17,21)(H,18,19). The van der Waals surface area contributed by atoms with E-state index in [1.165, 1.54) is 0 Å². The van der Waals surface area contributed by atoms with Gasteiger partial charge < -0.3 is 15.8 Å². The van der Waals surface area contributed by atoms with Gasteiger partial charge in [0.15, 0.2) is 0 Å². The van der Waals surface area contributed by atoms with E-state index in [9.17, 15) is 4.79 Å². The SMILES string of the molecule is NC(=S)c1ccc(NC(=O)c2ccc3c(c2)CCO3)cc1. The Balaban J connectivity index is 1.75. The Kier molecular flexibility index (Phi) is 3.58. The molecule has 2 aromatic rings. The average Bonchev–Trinajstić information content (AvgIpc) is 2.95. The summed E-state index contributed by atoms with van der Waals surface area (Å²) in [5.74, 6) is 0.722. The van der Waals surface area contributed by atoms with Crippen LogP contribution in [0.5, 0.6) is 5.75 Å². The Hall–Kier alpha value is -2.40. The molecule has 2 aromatic carbocycles. The first kappa shape index (κ1) is 13.6. The maximum absolute atomic E-state index is 12.2. The second-order valence-corrected chi connectivity index (χ2v) is 5.26. The Morgan fingerprint density at radius 3 is 2.57 bits per heavy atom. The van der Waals surface area contributed by atoms with Gasteiger partial charge in [0.2, 0.25) is 0 Å². The summed E-state index contributed by atoms with van der Waals surface area (Å²) in [7, 11) is 0. The molecule has 0 fully saturated rings. The van der Waals surface area contributed by atoms with Gasteiger partial charge in [-0.1, -0.05) is 12.2 Å². The topological polar surface area (TPSA) is 64.3 Å². The number of ether oxygens (including phenoxy) is 1. The summed E-state index contributed by atoms with van der Waals surface area (Å²) in [5.41, 5.74) is 8.72. The number of nitrogens with one attached hydrogen (secondary N) is 1. The van der Waals surface area contributed by atoms with Crippen molar-refractivity contribution < 1.29 is 9.53 Å². The van der Waals surface area contributed by atoms with Crippen molar-refractivity contribution in [3.63, 3.8) is 0 Å². The molecule has 0 atom stereocenters. The van der Waals surface area contributed by atoms with Crippen LogP contribution in [0.4, 0.5) is 5.69 Å². The second-order valence-electron chi connectivity index (χ2n) is 4.82. The van der Waals surface area contributed by atoms with Crippen LogP contribution in [0.15, 0.2) is 42.5 Å². The summed E-state index contributed by atoms with van der Waals surface area (Å²) in [6.45, 7) is 0.681. The molecule has 106 valence electrons. The van der Waals surface area contributed by atoms with E-state index in [4.69, 9.17) is 22.7 Å². The number of carbonyl (C=O) groups excluding carboxylic acids is 1. The summed E-state index contributed by atoms with van der Waals surface area (Å²) in [6, 6.07) is 12.6. The summed E-state index contributed by atoms with van der Waals surface area (Å²) < 4.78 is 5.43. The van der Waals surface area contributed by atoms with Gasteiger partial charge in [0.1, 0.15) is 10.7 Å². The smallest absolute Gasteiger partial charge is 0.255 e. The monoisotopic (exact) mass is 298 g/mol. The minimum Gasteiger partial charge on any atom is -0.493 e. The first-order valence-electron chi connectivity index (χ1n) is 6.60. The largest absolute Gasteiger partial charge is 0.493 e. The molecule has 4 nitrogen and oxygen atoms in total. The van der Waals surface area contributed by atoms with E-state index in [1.54, 1.807) is 30.3 Å². The van der Waals surface area contributed by atoms with E-state index < -0.39 is 0 Å². The summed E-state index contributed by atoms with van der Waals surface area (Å²) in [5, 5.41) is 2.85. The highest BCUT2D eigenvalue weighted by molar-refractivity contribution is 7.80. The number of nitrogens with two attached hydrogens (primary N) is 1. The Bertz CT molecular complexity index is 711. The van der Waals surface area contributed by atoms with Gasteiger partial charge in [-0.3, -0.25) is 4.79 Å². The molecule has 0 aromatic heterocycles. The van der Waals surface area contributed by atoms with Crippen LogP contribution in [0, 0.1) is 0 Å². The number of anilines is 1. The van der Waals surface area contributed by atoms with Gasteiger partial charge in [-0.15, -0.1) is 0 Å². The summed E-state index contributed by atoms with van der Waals surface area (Å²) in [6.07, 6.45) is 0.846. The van der Waals surface area contributed by atoms with E-state index in [2.05, 4.69) is 5.32 Å². The molecule has 1 aliphatic heterocycles. The molecule has 5 heteroatoms. The number of amides is 1. The van der Waals surface area contributed by atoms with Gasteiger partial charge in [-0.05, 0) is 48.0 Å². The lowest BCUT2D eigenvalue weighted by molar-refractivity contribution is 0.102. The maximum Gasteiger partial charge on any atom is 0.255 e. The predicted molar refractivity (Wildman–Crippen MR) is 85.9 cm³/mol. The van der Waals surface area contributed by atoms with E-state index in [1.807, 2.05) is 12.1 Å². The van der Waals surface area contributed by atoms with Gasteiger partial charge in [0.05, 0.1) is 6.61 Å². The quantitative estimate of drug-likeness (QED) is 0.855. The highest BCUT2D eigenvalue weighted by Gasteiger charge is 2.15. The zero-order valence-electron chi connectivity index (χ0n) is 11.3. The molecule has 21 heavy (non-hydrogen) atoms. The first-order valence-corrected chi connectivity index (χ1v) is 7.01. The Morgan fingerprint density at radius 1 is 1.14 bits per heavy atom. The van der Waals surface area contributed by atoms with Crippen LogP contribution in [0.1, 0.15) is 21.5 Å². The fraction of sp³-hybridized carbons (Fsp3) is 0.125. The molecule has 1 aliphatic rings. The van der Waals surface area contributed by atoms with Gasteiger partial charge in [-0.2, -0.15) is 0 Å². The molecular formula is C16H14N2O2S. The number of fused-ring (bicyclic) bond motifs is 1. The van der Waals surface area contributed by atoms with E-state index in [0.29, 0.717) is 22.8 Å². The Labute approximate surface area is 127 Å². The third-order valence-electron chi connectivity index (χ3n) is 3.38. The van der Waals surface area contributed by atoms with Gasteiger partial charge in [0.25, 0.3) is 5.91 Å². The normalized spacial score (nSPS) is 12.4. The van der Waals surface area contributed by atoms with Crippen molar-refractivity contribution in [2.75, 3.05) is 11.9 Å². The van der Waals surface area contributed by atoms with Crippen molar-refractivity contribution in [2.45, 2.75) is 6.42 Å². The molecular weight excluding hydrogens is 284 g/mol. The fourth-order valence-electron chi connectivity index (χ4n) is 2.25. The van der Waals surface area contributed by atoms with E-state index >= 15 is 0 Å². The summed E-state index contributed by atoms with van der Waals surface area (Å²) in [4.78, 5) is 12.6. The average molecular weight is 298 g/mol. The highest BCUT2D eigenvalue weighted by atomic mass is 32.1. The number of hydrogen-bond acceptors (Lipinski definition) is 3. The third kappa shape index (κ3) is 2.87. The molecule has 3 rings (SSSR count). The van der Waals surface area contributed by atoms with Crippen LogP contribution in [0.25, 0.3) is 0 Å². The molecule has 1 amide bonds. The third-order valence-corrected chi connectivity index (χ3v) is 3.61. The predicted octanol–water partition coefficient (Wildman–Crippen LogP) is 2.51. The molecule has 0 aliphatic carbocycles. The van der Waals surface area contributed by atoms with E-state index in [-0.39, 0.29) is 5.91 Å². The van der Waals surface area contributed by atoms with Crippen LogP contribution in [0.3, 0.4) is 0 Å². The molecule has 0 unspecified atom stereocenters. The maximum atomic E-state index is 12.2. The zero-order valence-corrected chi connectivity index (χ0v) is 12.1. The number of benzene rings is 2.